The van der Waals surface area contributed by atoms with Crippen molar-refractivity contribution in [2.75, 3.05) is 17.7 Å². The van der Waals surface area contributed by atoms with Crippen molar-refractivity contribution in [2.45, 2.75) is 6.42 Å². The molecule has 6 heteroatoms. The first-order valence-electron chi connectivity index (χ1n) is 6.28. The van der Waals surface area contributed by atoms with Crippen molar-refractivity contribution in [3.63, 3.8) is 0 Å². The lowest BCUT2D eigenvalue weighted by atomic mass is 10.3. The zero-order chi connectivity index (χ0) is 15.2. The van der Waals surface area contributed by atoms with E-state index >= 15 is 0 Å². The lowest BCUT2D eigenvalue weighted by Gasteiger charge is -2.09. The van der Waals surface area contributed by atoms with Crippen LogP contribution in [-0.2, 0) is 4.79 Å². The molecule has 1 amide bonds. The molecule has 0 atom stereocenters. The van der Waals surface area contributed by atoms with E-state index in [-0.39, 0.29) is 18.7 Å². The minimum atomic E-state index is -0.696. The molecule has 4 nitrogen and oxygen atoms in total. The predicted octanol–water partition coefficient (Wildman–Crippen LogP) is 2.95. The quantitative estimate of drug-likeness (QED) is 0.833. The number of hydrogen-bond acceptors (Lipinski definition) is 3. The van der Waals surface area contributed by atoms with Gasteiger partial charge in [0.15, 0.2) is 0 Å². The van der Waals surface area contributed by atoms with Gasteiger partial charge in [0.05, 0.1) is 24.4 Å². The van der Waals surface area contributed by atoms with Crippen molar-refractivity contribution >= 4 is 17.3 Å². The molecule has 0 aliphatic rings. The Morgan fingerprint density at radius 3 is 2.71 bits per heavy atom. The summed E-state index contributed by atoms with van der Waals surface area (Å²) in [5, 5.41) is 2.29. The molecule has 0 heterocycles. The summed E-state index contributed by atoms with van der Waals surface area (Å²) in [6.45, 7) is 0.0803. The third-order valence-electron chi connectivity index (χ3n) is 2.71. The number of para-hydroxylation sites is 2. The lowest BCUT2D eigenvalue weighted by molar-refractivity contribution is -0.116. The second kappa shape index (κ2) is 6.69. The fourth-order valence-corrected chi connectivity index (χ4v) is 1.67. The maximum absolute atomic E-state index is 13.3. The normalized spacial score (nSPS) is 10.2. The van der Waals surface area contributed by atoms with Crippen LogP contribution >= 0.6 is 0 Å². The molecule has 21 heavy (non-hydrogen) atoms. The van der Waals surface area contributed by atoms with Gasteiger partial charge in [-0.15, -0.1) is 0 Å². The first-order chi connectivity index (χ1) is 10.1. The minimum absolute atomic E-state index is 0.00964. The summed E-state index contributed by atoms with van der Waals surface area (Å²) in [6.07, 6.45) is -0.00964. The first-order valence-corrected chi connectivity index (χ1v) is 6.28. The second-order valence-electron chi connectivity index (χ2n) is 4.31. The standard InChI is InChI=1S/C15H14F2N2O2/c16-10-5-6-11(17)13(9-10)19-15(20)7-8-21-14-4-2-1-3-12(14)18/h1-6,9H,7-8,18H2,(H,19,20). The molecule has 0 radical (unpaired) electrons. The van der Waals surface area contributed by atoms with Gasteiger partial charge >= 0.3 is 0 Å². The topological polar surface area (TPSA) is 64.3 Å². The van der Waals surface area contributed by atoms with Crippen LogP contribution in [-0.4, -0.2) is 12.5 Å². The summed E-state index contributed by atoms with van der Waals surface area (Å²) in [4.78, 5) is 11.6. The van der Waals surface area contributed by atoms with Crippen molar-refractivity contribution in [2.24, 2.45) is 0 Å². The maximum Gasteiger partial charge on any atom is 0.227 e. The summed E-state index contributed by atoms with van der Waals surface area (Å²) in [7, 11) is 0. The van der Waals surface area contributed by atoms with E-state index in [1.54, 1.807) is 24.3 Å². The summed E-state index contributed by atoms with van der Waals surface area (Å²) in [5.41, 5.74) is 5.95. The molecule has 0 aliphatic carbocycles. The highest BCUT2D eigenvalue weighted by atomic mass is 19.1. The van der Waals surface area contributed by atoms with E-state index in [9.17, 15) is 13.6 Å². The Kier molecular flexibility index (Phi) is 4.71. The molecule has 2 aromatic carbocycles. The summed E-state index contributed by atoms with van der Waals surface area (Å²) in [6, 6.07) is 9.73. The Hall–Kier alpha value is -2.63. The van der Waals surface area contributed by atoms with Crippen LogP contribution in [0.25, 0.3) is 0 Å². The lowest BCUT2D eigenvalue weighted by Crippen LogP contribution is -2.16. The molecule has 0 fully saturated rings. The van der Waals surface area contributed by atoms with Crippen LogP contribution in [0.3, 0.4) is 0 Å². The molecule has 110 valence electrons. The van der Waals surface area contributed by atoms with Crippen LogP contribution in [0.4, 0.5) is 20.2 Å². The number of nitrogen functional groups attached to an aromatic ring is 1. The number of nitrogens with one attached hydrogen (secondary N) is 1. The Labute approximate surface area is 120 Å². The van der Waals surface area contributed by atoms with Gasteiger partial charge in [-0.3, -0.25) is 4.79 Å². The van der Waals surface area contributed by atoms with Crippen LogP contribution < -0.4 is 15.8 Å². The monoisotopic (exact) mass is 292 g/mol. The van der Waals surface area contributed by atoms with E-state index in [0.717, 1.165) is 18.2 Å². The molecular weight excluding hydrogens is 278 g/mol. The first kappa shape index (κ1) is 14.8. The van der Waals surface area contributed by atoms with E-state index in [2.05, 4.69) is 5.32 Å². The smallest absolute Gasteiger partial charge is 0.227 e. The summed E-state index contributed by atoms with van der Waals surface area (Å²) in [5.74, 6) is -1.32. The molecule has 0 aliphatic heterocycles. The largest absolute Gasteiger partial charge is 0.491 e. The zero-order valence-electron chi connectivity index (χ0n) is 11.1. The Bertz CT molecular complexity index is 647. The van der Waals surface area contributed by atoms with Crippen LogP contribution in [0.1, 0.15) is 6.42 Å². The molecule has 0 spiro atoms. The highest BCUT2D eigenvalue weighted by Gasteiger charge is 2.08. The molecule has 0 aromatic heterocycles. The van der Waals surface area contributed by atoms with Gasteiger partial charge in [-0.25, -0.2) is 8.78 Å². The number of carbonyl (C=O) groups is 1. The van der Waals surface area contributed by atoms with Crippen molar-refractivity contribution < 1.29 is 18.3 Å². The SMILES string of the molecule is Nc1ccccc1OCCC(=O)Nc1cc(F)ccc1F. The zero-order valence-corrected chi connectivity index (χ0v) is 11.1. The number of carbonyl (C=O) groups excluding carboxylic acids is 1. The molecule has 3 N–H and O–H groups in total. The molecule has 0 bridgehead atoms. The van der Waals surface area contributed by atoms with Crippen molar-refractivity contribution in [1.29, 1.82) is 0 Å². The number of ether oxygens (including phenoxy) is 1. The Morgan fingerprint density at radius 2 is 1.95 bits per heavy atom. The number of anilines is 2. The number of hydrogen-bond donors (Lipinski definition) is 2. The van der Waals surface area contributed by atoms with Crippen molar-refractivity contribution in [3.05, 3.63) is 54.1 Å². The van der Waals surface area contributed by atoms with Gasteiger partial charge in [0, 0.05) is 6.07 Å². The minimum Gasteiger partial charge on any atom is -0.491 e. The number of nitrogens with two attached hydrogens (primary N) is 1. The van der Waals surface area contributed by atoms with Crippen LogP contribution in [0.2, 0.25) is 0 Å². The van der Waals surface area contributed by atoms with E-state index in [1.807, 2.05) is 0 Å². The summed E-state index contributed by atoms with van der Waals surface area (Å²) < 4.78 is 31.6. The maximum atomic E-state index is 13.3. The fraction of sp³-hybridized carbons (Fsp3) is 0.133. The Morgan fingerprint density at radius 1 is 1.19 bits per heavy atom. The molecule has 0 unspecified atom stereocenters. The van der Waals surface area contributed by atoms with Gasteiger partial charge in [0.25, 0.3) is 0 Å². The van der Waals surface area contributed by atoms with Gasteiger partial charge in [-0.1, -0.05) is 12.1 Å². The van der Waals surface area contributed by atoms with Crippen LogP contribution in [0.15, 0.2) is 42.5 Å². The number of rotatable bonds is 5. The highest BCUT2D eigenvalue weighted by Crippen LogP contribution is 2.20. The van der Waals surface area contributed by atoms with E-state index in [1.165, 1.54) is 0 Å². The number of benzene rings is 2. The van der Waals surface area contributed by atoms with Crippen LogP contribution in [0.5, 0.6) is 5.75 Å². The van der Waals surface area contributed by atoms with Crippen molar-refractivity contribution in [1.82, 2.24) is 0 Å². The van der Waals surface area contributed by atoms with Crippen LogP contribution in [0, 0.1) is 11.6 Å². The van der Waals surface area contributed by atoms with Gasteiger partial charge in [-0.05, 0) is 24.3 Å². The predicted molar refractivity (Wildman–Crippen MR) is 76.0 cm³/mol. The van der Waals surface area contributed by atoms with Gasteiger partial charge in [-0.2, -0.15) is 0 Å². The van der Waals surface area contributed by atoms with Gasteiger partial charge < -0.3 is 15.8 Å². The number of amides is 1. The van der Waals surface area contributed by atoms with E-state index in [0.29, 0.717) is 11.4 Å². The molecule has 2 rings (SSSR count). The average Bonchev–Trinajstić information content (AvgIpc) is 2.45. The fourth-order valence-electron chi connectivity index (χ4n) is 1.67. The average molecular weight is 292 g/mol. The van der Waals surface area contributed by atoms with E-state index in [4.69, 9.17) is 10.5 Å². The summed E-state index contributed by atoms with van der Waals surface area (Å²) >= 11 is 0. The Balaban J connectivity index is 1.85. The molecular formula is C15H14F2N2O2. The second-order valence-corrected chi connectivity index (χ2v) is 4.31. The molecule has 0 saturated heterocycles. The third-order valence-corrected chi connectivity index (χ3v) is 2.71. The van der Waals surface area contributed by atoms with E-state index < -0.39 is 17.5 Å². The van der Waals surface area contributed by atoms with Gasteiger partial charge in [0.1, 0.15) is 17.4 Å². The third kappa shape index (κ3) is 4.17. The number of halogens is 2. The highest BCUT2D eigenvalue weighted by molar-refractivity contribution is 5.90. The van der Waals surface area contributed by atoms with Crippen molar-refractivity contribution in [3.8, 4) is 5.75 Å². The molecule has 2 aromatic rings. The molecule has 0 saturated carbocycles. The van der Waals surface area contributed by atoms with Gasteiger partial charge in [0.2, 0.25) is 5.91 Å².